The van der Waals surface area contributed by atoms with Crippen molar-refractivity contribution in [2.75, 3.05) is 6.61 Å². The second kappa shape index (κ2) is 10.1. The van der Waals surface area contributed by atoms with E-state index in [-0.39, 0.29) is 30.0 Å². The maximum atomic E-state index is 12.0. The van der Waals surface area contributed by atoms with Crippen molar-refractivity contribution in [2.24, 2.45) is 5.92 Å². The molecule has 0 spiro atoms. The molecule has 2 unspecified atom stereocenters. The lowest BCUT2D eigenvalue weighted by molar-refractivity contribution is -0.146. The predicted octanol–water partition coefficient (Wildman–Crippen LogP) is 4.51. The highest BCUT2D eigenvalue weighted by Gasteiger charge is 2.26. The molecule has 0 saturated heterocycles. The van der Waals surface area contributed by atoms with E-state index in [9.17, 15) is 9.59 Å². The lowest BCUT2D eigenvalue weighted by Crippen LogP contribution is -2.23. The first kappa shape index (κ1) is 18.4. The number of hydrogen-bond donors (Lipinski definition) is 0. The van der Waals surface area contributed by atoms with Gasteiger partial charge in [0.05, 0.1) is 13.0 Å². The van der Waals surface area contributed by atoms with Crippen LogP contribution < -0.4 is 0 Å². The zero-order chi connectivity index (χ0) is 16.4. The van der Waals surface area contributed by atoms with Gasteiger partial charge in [0.1, 0.15) is 5.78 Å². The van der Waals surface area contributed by atoms with Crippen LogP contribution in [-0.4, -0.2) is 18.4 Å². The van der Waals surface area contributed by atoms with Crippen LogP contribution in [0.5, 0.6) is 0 Å². The van der Waals surface area contributed by atoms with E-state index in [1.807, 2.05) is 37.3 Å². The standard InChI is InChI=1S/C19H28O3/c1-4-5-6-10-13-22-19(21)14-18(16(3)20)15(2)17-11-8-7-9-12-17/h7-9,11-12,15,18H,4-6,10,13-14H2,1-3H3. The summed E-state index contributed by atoms with van der Waals surface area (Å²) in [6, 6.07) is 9.85. The Balaban J connectivity index is 2.50. The first-order valence-electron chi connectivity index (χ1n) is 8.27. The minimum atomic E-state index is -0.314. The molecule has 0 amide bonds. The SMILES string of the molecule is CCCCCCOC(=O)CC(C(C)=O)C(C)c1ccccc1. The Hall–Kier alpha value is -1.64. The lowest BCUT2D eigenvalue weighted by Gasteiger charge is -2.21. The fraction of sp³-hybridized carbons (Fsp3) is 0.579. The maximum absolute atomic E-state index is 12.0. The predicted molar refractivity (Wildman–Crippen MR) is 88.7 cm³/mol. The van der Waals surface area contributed by atoms with Crippen LogP contribution in [0.2, 0.25) is 0 Å². The van der Waals surface area contributed by atoms with Crippen molar-refractivity contribution >= 4 is 11.8 Å². The summed E-state index contributed by atoms with van der Waals surface area (Å²) in [4.78, 5) is 23.9. The van der Waals surface area contributed by atoms with Gasteiger partial charge in [0.25, 0.3) is 0 Å². The summed E-state index contributed by atoms with van der Waals surface area (Å²) in [5.41, 5.74) is 1.08. The minimum Gasteiger partial charge on any atom is -0.466 e. The van der Waals surface area contributed by atoms with Crippen LogP contribution in [0.4, 0.5) is 0 Å². The number of unbranched alkanes of at least 4 members (excludes halogenated alkanes) is 3. The highest BCUT2D eigenvalue weighted by molar-refractivity contribution is 5.84. The Morgan fingerprint density at radius 2 is 1.77 bits per heavy atom. The van der Waals surface area contributed by atoms with Crippen LogP contribution in [0, 0.1) is 5.92 Å². The van der Waals surface area contributed by atoms with E-state index < -0.39 is 0 Å². The van der Waals surface area contributed by atoms with Gasteiger partial charge in [-0.05, 0) is 24.8 Å². The van der Waals surface area contributed by atoms with E-state index in [0.717, 1.165) is 24.8 Å². The second-order valence-electron chi connectivity index (χ2n) is 5.90. The van der Waals surface area contributed by atoms with Gasteiger partial charge in [0, 0.05) is 5.92 Å². The van der Waals surface area contributed by atoms with E-state index in [1.165, 1.54) is 6.42 Å². The molecule has 2 atom stereocenters. The average molecular weight is 304 g/mol. The van der Waals surface area contributed by atoms with Gasteiger partial charge in [-0.2, -0.15) is 0 Å². The van der Waals surface area contributed by atoms with Gasteiger partial charge in [-0.1, -0.05) is 63.4 Å². The molecule has 22 heavy (non-hydrogen) atoms. The zero-order valence-corrected chi connectivity index (χ0v) is 14.0. The molecule has 0 aliphatic heterocycles. The van der Waals surface area contributed by atoms with Gasteiger partial charge in [-0.3, -0.25) is 9.59 Å². The largest absolute Gasteiger partial charge is 0.466 e. The van der Waals surface area contributed by atoms with Crippen LogP contribution in [0.25, 0.3) is 0 Å². The van der Waals surface area contributed by atoms with Crippen LogP contribution in [0.15, 0.2) is 30.3 Å². The van der Waals surface area contributed by atoms with E-state index in [0.29, 0.717) is 6.61 Å². The lowest BCUT2D eigenvalue weighted by atomic mass is 9.83. The van der Waals surface area contributed by atoms with Crippen molar-refractivity contribution in [3.63, 3.8) is 0 Å². The fourth-order valence-electron chi connectivity index (χ4n) is 2.61. The molecule has 0 aliphatic rings. The summed E-state index contributed by atoms with van der Waals surface area (Å²) >= 11 is 0. The molecule has 122 valence electrons. The topological polar surface area (TPSA) is 43.4 Å². The van der Waals surface area contributed by atoms with E-state index in [4.69, 9.17) is 4.74 Å². The number of esters is 1. The Bertz CT molecular complexity index is 453. The highest BCUT2D eigenvalue weighted by Crippen LogP contribution is 2.27. The molecular formula is C19H28O3. The van der Waals surface area contributed by atoms with Crippen molar-refractivity contribution < 1.29 is 14.3 Å². The molecule has 0 fully saturated rings. The van der Waals surface area contributed by atoms with E-state index in [1.54, 1.807) is 6.92 Å². The first-order valence-corrected chi connectivity index (χ1v) is 8.27. The number of benzene rings is 1. The van der Waals surface area contributed by atoms with Gasteiger partial charge in [-0.25, -0.2) is 0 Å². The Kier molecular flexibility index (Phi) is 8.49. The second-order valence-corrected chi connectivity index (χ2v) is 5.90. The number of Topliss-reactive ketones (excluding diaryl/α,β-unsaturated/α-hetero) is 1. The van der Waals surface area contributed by atoms with Gasteiger partial charge in [0.2, 0.25) is 0 Å². The summed E-state index contributed by atoms with van der Waals surface area (Å²) in [6.45, 7) is 6.16. The molecule has 3 nitrogen and oxygen atoms in total. The smallest absolute Gasteiger partial charge is 0.306 e. The molecular weight excluding hydrogens is 276 g/mol. The third kappa shape index (κ3) is 6.42. The number of carbonyl (C=O) groups is 2. The third-order valence-corrected chi connectivity index (χ3v) is 4.10. The molecule has 0 bridgehead atoms. The van der Waals surface area contributed by atoms with Crippen molar-refractivity contribution in [3.05, 3.63) is 35.9 Å². The molecule has 0 aliphatic carbocycles. The molecule has 0 radical (unpaired) electrons. The fourth-order valence-corrected chi connectivity index (χ4v) is 2.61. The maximum Gasteiger partial charge on any atom is 0.306 e. The molecule has 1 aromatic carbocycles. The summed E-state index contributed by atoms with van der Waals surface area (Å²) in [5.74, 6) is -0.518. The zero-order valence-electron chi connectivity index (χ0n) is 14.0. The van der Waals surface area contributed by atoms with Crippen molar-refractivity contribution in [1.29, 1.82) is 0 Å². The normalized spacial score (nSPS) is 13.4. The quantitative estimate of drug-likeness (QED) is 0.472. The van der Waals surface area contributed by atoms with Crippen LogP contribution in [0.3, 0.4) is 0 Å². The molecule has 1 rings (SSSR count). The van der Waals surface area contributed by atoms with Crippen molar-refractivity contribution in [3.8, 4) is 0 Å². The summed E-state index contributed by atoms with van der Waals surface area (Å²) in [6.07, 6.45) is 4.48. The molecule has 0 heterocycles. The minimum absolute atomic E-state index is 0.0198. The summed E-state index contributed by atoms with van der Waals surface area (Å²) in [7, 11) is 0. The van der Waals surface area contributed by atoms with E-state index >= 15 is 0 Å². The molecule has 3 heteroatoms. The Morgan fingerprint density at radius 3 is 2.36 bits per heavy atom. The molecule has 1 aromatic rings. The molecule has 0 saturated carbocycles. The number of hydrogen-bond acceptors (Lipinski definition) is 3. The van der Waals surface area contributed by atoms with Crippen molar-refractivity contribution in [1.82, 2.24) is 0 Å². The third-order valence-electron chi connectivity index (χ3n) is 4.10. The first-order chi connectivity index (χ1) is 10.6. The molecule has 0 N–H and O–H groups in total. The summed E-state index contributed by atoms with van der Waals surface area (Å²) < 4.78 is 5.26. The van der Waals surface area contributed by atoms with Gasteiger partial charge in [0.15, 0.2) is 0 Å². The highest BCUT2D eigenvalue weighted by atomic mass is 16.5. The van der Waals surface area contributed by atoms with Crippen LogP contribution >= 0.6 is 0 Å². The van der Waals surface area contributed by atoms with Crippen LogP contribution in [-0.2, 0) is 14.3 Å². The Labute approximate surface area is 134 Å². The van der Waals surface area contributed by atoms with Gasteiger partial charge < -0.3 is 4.74 Å². The van der Waals surface area contributed by atoms with Crippen molar-refractivity contribution in [2.45, 2.75) is 58.8 Å². The monoisotopic (exact) mass is 304 g/mol. The van der Waals surface area contributed by atoms with Crippen LogP contribution in [0.1, 0.15) is 64.4 Å². The number of ketones is 1. The van der Waals surface area contributed by atoms with Gasteiger partial charge >= 0.3 is 5.97 Å². The summed E-state index contributed by atoms with van der Waals surface area (Å²) in [5, 5.41) is 0. The molecule has 0 aromatic heterocycles. The number of ether oxygens (including phenoxy) is 1. The van der Waals surface area contributed by atoms with Gasteiger partial charge in [-0.15, -0.1) is 0 Å². The average Bonchev–Trinajstić information content (AvgIpc) is 2.52. The number of carbonyl (C=O) groups excluding carboxylic acids is 2. The Morgan fingerprint density at radius 1 is 1.09 bits per heavy atom. The number of rotatable bonds is 10. The van der Waals surface area contributed by atoms with E-state index in [2.05, 4.69) is 6.92 Å².